The Bertz CT molecular complexity index is 944. The molecule has 7 heteroatoms. The van der Waals surface area contributed by atoms with Crippen LogP contribution in [0.15, 0.2) is 47.0 Å². The number of benzene rings is 2. The first-order chi connectivity index (χ1) is 13.1. The normalized spacial score (nSPS) is 17.4. The van der Waals surface area contributed by atoms with Crippen LogP contribution in [0.3, 0.4) is 0 Å². The molecular formula is C20H19F2N3O2. The molecule has 1 unspecified atom stereocenters. The molecule has 1 atom stereocenters. The van der Waals surface area contributed by atoms with E-state index in [1.54, 1.807) is 13.2 Å². The van der Waals surface area contributed by atoms with Gasteiger partial charge >= 0.3 is 0 Å². The largest absolute Gasteiger partial charge is 0.497 e. The summed E-state index contributed by atoms with van der Waals surface area (Å²) in [5.41, 5.74) is 1.18. The van der Waals surface area contributed by atoms with Crippen LogP contribution in [0.5, 0.6) is 5.75 Å². The minimum atomic E-state index is -0.817. The number of halogens is 2. The van der Waals surface area contributed by atoms with Gasteiger partial charge in [0, 0.05) is 24.2 Å². The van der Waals surface area contributed by atoms with Crippen molar-refractivity contribution >= 4 is 0 Å². The van der Waals surface area contributed by atoms with E-state index in [-0.39, 0.29) is 5.92 Å². The maximum absolute atomic E-state index is 13.9. The Morgan fingerprint density at radius 1 is 1.22 bits per heavy atom. The highest BCUT2D eigenvalue weighted by molar-refractivity contribution is 5.56. The predicted octanol–water partition coefficient (Wildman–Crippen LogP) is 4.01. The molecule has 1 aliphatic heterocycles. The quantitative estimate of drug-likeness (QED) is 0.678. The first-order valence-electron chi connectivity index (χ1n) is 8.77. The molecule has 0 N–H and O–H groups in total. The third-order valence-corrected chi connectivity index (χ3v) is 4.82. The molecule has 1 aromatic heterocycles. The van der Waals surface area contributed by atoms with E-state index in [4.69, 9.17) is 9.26 Å². The summed E-state index contributed by atoms with van der Waals surface area (Å²) in [6, 6.07) is 11.7. The van der Waals surface area contributed by atoms with Crippen LogP contribution in [0.2, 0.25) is 0 Å². The van der Waals surface area contributed by atoms with Gasteiger partial charge in [0.05, 0.1) is 13.0 Å². The van der Waals surface area contributed by atoms with E-state index in [0.717, 1.165) is 30.3 Å². The van der Waals surface area contributed by atoms with Crippen molar-refractivity contribution < 1.29 is 18.0 Å². The summed E-state index contributed by atoms with van der Waals surface area (Å²) in [7, 11) is 1.61. The first kappa shape index (κ1) is 17.6. The highest BCUT2D eigenvalue weighted by Gasteiger charge is 2.29. The van der Waals surface area contributed by atoms with Gasteiger partial charge in [-0.15, -0.1) is 0 Å². The van der Waals surface area contributed by atoms with Gasteiger partial charge in [-0.3, -0.25) is 4.90 Å². The smallest absolute Gasteiger partial charge is 0.231 e. The summed E-state index contributed by atoms with van der Waals surface area (Å²) < 4.78 is 37.9. The molecule has 0 aliphatic carbocycles. The number of rotatable bonds is 5. The van der Waals surface area contributed by atoms with E-state index in [1.807, 2.05) is 24.3 Å². The summed E-state index contributed by atoms with van der Waals surface area (Å²) >= 11 is 0. The molecule has 0 spiro atoms. The molecule has 0 bridgehead atoms. The third-order valence-electron chi connectivity index (χ3n) is 4.82. The van der Waals surface area contributed by atoms with Gasteiger partial charge in [0.2, 0.25) is 11.7 Å². The molecule has 0 amide bonds. The monoisotopic (exact) mass is 371 g/mol. The van der Waals surface area contributed by atoms with E-state index < -0.39 is 11.6 Å². The summed E-state index contributed by atoms with van der Waals surface area (Å²) in [4.78, 5) is 6.58. The van der Waals surface area contributed by atoms with Gasteiger partial charge < -0.3 is 9.26 Å². The zero-order valence-electron chi connectivity index (χ0n) is 14.9. The molecular weight excluding hydrogens is 352 g/mol. The van der Waals surface area contributed by atoms with Crippen LogP contribution in [-0.4, -0.2) is 35.2 Å². The van der Waals surface area contributed by atoms with Crippen molar-refractivity contribution in [3.63, 3.8) is 0 Å². The van der Waals surface area contributed by atoms with E-state index in [0.29, 0.717) is 30.4 Å². The van der Waals surface area contributed by atoms with Crippen LogP contribution in [0.25, 0.3) is 11.4 Å². The fraction of sp³-hybridized carbons (Fsp3) is 0.300. The maximum Gasteiger partial charge on any atom is 0.231 e. The number of hydrogen-bond acceptors (Lipinski definition) is 5. The molecule has 27 heavy (non-hydrogen) atoms. The summed E-state index contributed by atoms with van der Waals surface area (Å²) in [5.74, 6) is 0.284. The Morgan fingerprint density at radius 3 is 2.93 bits per heavy atom. The molecule has 0 radical (unpaired) electrons. The average molecular weight is 371 g/mol. The van der Waals surface area contributed by atoms with Crippen LogP contribution >= 0.6 is 0 Å². The van der Waals surface area contributed by atoms with Crippen molar-refractivity contribution in [2.45, 2.75) is 18.9 Å². The van der Waals surface area contributed by atoms with Crippen LogP contribution in [0, 0.1) is 11.6 Å². The van der Waals surface area contributed by atoms with E-state index in [1.165, 1.54) is 6.07 Å². The van der Waals surface area contributed by atoms with Crippen LogP contribution in [-0.2, 0) is 6.54 Å². The molecule has 3 aromatic rings. The van der Waals surface area contributed by atoms with Crippen molar-refractivity contribution in [1.82, 2.24) is 15.0 Å². The minimum Gasteiger partial charge on any atom is -0.497 e. The Labute approximate surface area is 155 Å². The molecule has 140 valence electrons. The lowest BCUT2D eigenvalue weighted by molar-refractivity contribution is 0.303. The Kier molecular flexibility index (Phi) is 4.85. The van der Waals surface area contributed by atoms with E-state index >= 15 is 0 Å². The van der Waals surface area contributed by atoms with E-state index in [2.05, 4.69) is 15.0 Å². The standard InChI is InChI=1S/C20H19F2N3O2/c1-26-16-6-2-4-13(10-16)19-23-20(27-24-19)15-8-9-25(12-15)11-14-5-3-7-17(21)18(14)22/h2-7,10,15H,8-9,11-12H2,1H3. The zero-order valence-corrected chi connectivity index (χ0v) is 14.9. The van der Waals surface area contributed by atoms with E-state index in [9.17, 15) is 8.78 Å². The average Bonchev–Trinajstić information content (AvgIpc) is 3.35. The van der Waals surface area contributed by atoms with Crippen molar-refractivity contribution in [3.8, 4) is 17.1 Å². The number of hydrogen-bond donors (Lipinski definition) is 0. The molecule has 1 saturated heterocycles. The zero-order chi connectivity index (χ0) is 18.8. The van der Waals surface area contributed by atoms with Gasteiger partial charge in [-0.1, -0.05) is 29.4 Å². The molecule has 4 rings (SSSR count). The van der Waals surface area contributed by atoms with Gasteiger partial charge in [-0.2, -0.15) is 4.98 Å². The lowest BCUT2D eigenvalue weighted by atomic mass is 10.1. The highest BCUT2D eigenvalue weighted by Crippen LogP contribution is 2.30. The summed E-state index contributed by atoms with van der Waals surface area (Å²) in [5, 5.41) is 4.07. The first-order valence-corrected chi connectivity index (χ1v) is 8.77. The fourth-order valence-corrected chi connectivity index (χ4v) is 3.37. The van der Waals surface area contributed by atoms with Crippen molar-refractivity contribution in [1.29, 1.82) is 0 Å². The van der Waals surface area contributed by atoms with Gasteiger partial charge in [0.1, 0.15) is 5.75 Å². The Morgan fingerprint density at radius 2 is 2.07 bits per heavy atom. The molecule has 2 aromatic carbocycles. The Balaban J connectivity index is 1.45. The number of methoxy groups -OCH3 is 1. The SMILES string of the molecule is COc1cccc(-c2noc(C3CCN(Cc4cccc(F)c4F)C3)n2)c1. The van der Waals surface area contributed by atoms with Gasteiger partial charge in [0.25, 0.3) is 0 Å². The lowest BCUT2D eigenvalue weighted by Crippen LogP contribution is -2.20. The number of aromatic nitrogens is 2. The second-order valence-electron chi connectivity index (χ2n) is 6.62. The highest BCUT2D eigenvalue weighted by atomic mass is 19.2. The summed E-state index contributed by atoms with van der Waals surface area (Å²) in [6.45, 7) is 1.78. The number of ether oxygens (including phenoxy) is 1. The molecule has 1 aliphatic rings. The van der Waals surface area contributed by atoms with Crippen molar-refractivity contribution in [2.75, 3.05) is 20.2 Å². The molecule has 1 fully saturated rings. The van der Waals surface area contributed by atoms with Crippen LogP contribution < -0.4 is 4.74 Å². The van der Waals surface area contributed by atoms with Crippen LogP contribution in [0.1, 0.15) is 23.8 Å². The second kappa shape index (κ2) is 7.44. The summed E-state index contributed by atoms with van der Waals surface area (Å²) in [6.07, 6.45) is 0.830. The van der Waals surface area contributed by atoms with Crippen molar-refractivity contribution in [2.24, 2.45) is 0 Å². The molecule has 2 heterocycles. The minimum absolute atomic E-state index is 0.0773. The van der Waals surface area contributed by atoms with Gasteiger partial charge in [-0.25, -0.2) is 8.78 Å². The van der Waals surface area contributed by atoms with Crippen LogP contribution in [0.4, 0.5) is 8.78 Å². The third kappa shape index (κ3) is 3.68. The predicted molar refractivity (Wildman–Crippen MR) is 95.3 cm³/mol. The van der Waals surface area contributed by atoms with Crippen molar-refractivity contribution in [3.05, 3.63) is 65.6 Å². The number of likely N-dealkylation sites (tertiary alicyclic amines) is 1. The topological polar surface area (TPSA) is 51.4 Å². The maximum atomic E-state index is 13.9. The second-order valence-corrected chi connectivity index (χ2v) is 6.62. The number of nitrogens with zero attached hydrogens (tertiary/aromatic N) is 3. The molecule has 5 nitrogen and oxygen atoms in total. The lowest BCUT2D eigenvalue weighted by Gasteiger charge is -2.15. The fourth-order valence-electron chi connectivity index (χ4n) is 3.37. The van der Waals surface area contributed by atoms with Gasteiger partial charge in [-0.05, 0) is 31.2 Å². The Hall–Kier alpha value is -2.80. The molecule has 0 saturated carbocycles. The van der Waals surface area contributed by atoms with Gasteiger partial charge in [0.15, 0.2) is 11.6 Å².